The molecule has 1 heterocycles. The normalized spacial score (nSPS) is 19.3. The van der Waals surface area contributed by atoms with Gasteiger partial charge in [-0.25, -0.2) is 0 Å². The summed E-state index contributed by atoms with van der Waals surface area (Å²) >= 11 is 0. The van der Waals surface area contributed by atoms with Gasteiger partial charge in [-0.05, 0) is 44.0 Å². The Morgan fingerprint density at radius 1 is 1.28 bits per heavy atom. The summed E-state index contributed by atoms with van der Waals surface area (Å²) in [7, 11) is 2.26. The minimum Gasteiger partial charge on any atom is -0.309 e. The van der Waals surface area contributed by atoms with Crippen molar-refractivity contribution >= 4 is 0 Å². The first-order valence-corrected chi connectivity index (χ1v) is 7.27. The summed E-state index contributed by atoms with van der Waals surface area (Å²) in [6, 6.07) is 10.1. The fraction of sp³-hybridized carbons (Fsp3) is 0.625. The summed E-state index contributed by atoms with van der Waals surface area (Å²) in [6.45, 7) is 6.79. The second-order valence-corrected chi connectivity index (χ2v) is 5.37. The lowest BCUT2D eigenvalue weighted by Gasteiger charge is -2.34. The molecule has 0 saturated carbocycles. The smallest absolute Gasteiger partial charge is 0.0452 e. The average Bonchev–Trinajstić information content (AvgIpc) is 2.40. The molecule has 1 aliphatic heterocycles. The summed E-state index contributed by atoms with van der Waals surface area (Å²) < 4.78 is 0. The van der Waals surface area contributed by atoms with Crippen molar-refractivity contribution in [3.8, 4) is 0 Å². The SMILES string of the molecule is CCC(CC)N(C)CC1NCCc2ccccc21. The van der Waals surface area contributed by atoms with Crippen molar-refractivity contribution in [3.63, 3.8) is 0 Å². The van der Waals surface area contributed by atoms with Gasteiger partial charge in [0.05, 0.1) is 0 Å². The van der Waals surface area contributed by atoms with Crippen LogP contribution >= 0.6 is 0 Å². The van der Waals surface area contributed by atoms with Crippen LogP contribution in [0.1, 0.15) is 43.9 Å². The van der Waals surface area contributed by atoms with Gasteiger partial charge < -0.3 is 10.2 Å². The van der Waals surface area contributed by atoms with E-state index < -0.39 is 0 Å². The molecule has 0 amide bonds. The van der Waals surface area contributed by atoms with Crippen molar-refractivity contribution in [1.82, 2.24) is 10.2 Å². The van der Waals surface area contributed by atoms with Crippen molar-refractivity contribution in [1.29, 1.82) is 0 Å². The average molecular weight is 246 g/mol. The van der Waals surface area contributed by atoms with Gasteiger partial charge in [0.2, 0.25) is 0 Å². The van der Waals surface area contributed by atoms with Crippen molar-refractivity contribution in [2.45, 2.75) is 45.2 Å². The number of likely N-dealkylation sites (N-methyl/N-ethyl adjacent to an activating group) is 1. The van der Waals surface area contributed by atoms with Gasteiger partial charge in [0.25, 0.3) is 0 Å². The summed E-state index contributed by atoms with van der Waals surface area (Å²) in [5, 5.41) is 3.67. The Morgan fingerprint density at radius 2 is 2.00 bits per heavy atom. The molecule has 0 fully saturated rings. The quantitative estimate of drug-likeness (QED) is 0.859. The molecule has 2 rings (SSSR count). The molecule has 0 aromatic heterocycles. The zero-order valence-electron chi connectivity index (χ0n) is 11.9. The van der Waals surface area contributed by atoms with Crippen LogP contribution in [0.25, 0.3) is 0 Å². The standard InChI is InChI=1S/C16H26N2/c1-4-14(5-2)18(3)12-16-15-9-7-6-8-13(15)10-11-17-16/h6-9,14,16-17H,4-5,10-12H2,1-3H3. The highest BCUT2D eigenvalue weighted by molar-refractivity contribution is 5.32. The first-order chi connectivity index (χ1) is 8.76. The van der Waals surface area contributed by atoms with E-state index in [0.29, 0.717) is 12.1 Å². The zero-order chi connectivity index (χ0) is 13.0. The third-order valence-electron chi connectivity index (χ3n) is 4.25. The lowest BCUT2D eigenvalue weighted by molar-refractivity contribution is 0.203. The molecule has 1 N–H and O–H groups in total. The summed E-state index contributed by atoms with van der Waals surface area (Å²) in [6.07, 6.45) is 3.64. The zero-order valence-corrected chi connectivity index (χ0v) is 11.9. The van der Waals surface area contributed by atoms with Gasteiger partial charge in [-0.3, -0.25) is 0 Å². The van der Waals surface area contributed by atoms with Gasteiger partial charge in [-0.2, -0.15) is 0 Å². The fourth-order valence-corrected chi connectivity index (χ4v) is 3.10. The van der Waals surface area contributed by atoms with Crippen molar-refractivity contribution < 1.29 is 0 Å². The van der Waals surface area contributed by atoms with Crippen molar-refractivity contribution in [2.75, 3.05) is 20.1 Å². The maximum Gasteiger partial charge on any atom is 0.0452 e. The summed E-state index contributed by atoms with van der Waals surface area (Å²) in [4.78, 5) is 2.51. The molecule has 1 unspecified atom stereocenters. The minimum absolute atomic E-state index is 0.501. The van der Waals surface area contributed by atoms with Crippen LogP contribution < -0.4 is 5.32 Å². The highest BCUT2D eigenvalue weighted by Gasteiger charge is 2.22. The molecule has 0 aliphatic carbocycles. The maximum absolute atomic E-state index is 3.67. The van der Waals surface area contributed by atoms with Crippen molar-refractivity contribution in [3.05, 3.63) is 35.4 Å². The number of fused-ring (bicyclic) bond motifs is 1. The number of rotatable bonds is 5. The highest BCUT2D eigenvalue weighted by Crippen LogP contribution is 2.24. The van der Waals surface area contributed by atoms with Crippen LogP contribution in [0.3, 0.4) is 0 Å². The van der Waals surface area contributed by atoms with Crippen LogP contribution in [0, 0.1) is 0 Å². The Balaban J connectivity index is 2.07. The fourth-order valence-electron chi connectivity index (χ4n) is 3.10. The first kappa shape index (κ1) is 13.6. The molecule has 0 saturated heterocycles. The van der Waals surface area contributed by atoms with Gasteiger partial charge >= 0.3 is 0 Å². The number of benzene rings is 1. The molecule has 2 nitrogen and oxygen atoms in total. The summed E-state index contributed by atoms with van der Waals surface area (Å²) in [5.74, 6) is 0. The molecule has 100 valence electrons. The molecule has 1 aliphatic rings. The Hall–Kier alpha value is -0.860. The monoisotopic (exact) mass is 246 g/mol. The second kappa shape index (κ2) is 6.35. The van der Waals surface area contributed by atoms with E-state index in [4.69, 9.17) is 0 Å². The van der Waals surface area contributed by atoms with Crippen LogP contribution in [0.2, 0.25) is 0 Å². The number of nitrogens with one attached hydrogen (secondary N) is 1. The predicted octanol–water partition coefficient (Wildman–Crippen LogP) is 2.99. The van der Waals surface area contributed by atoms with Crippen LogP contribution in [0.15, 0.2) is 24.3 Å². The minimum atomic E-state index is 0.501. The molecule has 1 atom stereocenters. The second-order valence-electron chi connectivity index (χ2n) is 5.37. The van der Waals surface area contributed by atoms with E-state index in [1.807, 2.05) is 0 Å². The third-order valence-corrected chi connectivity index (χ3v) is 4.25. The molecule has 1 aromatic rings. The maximum atomic E-state index is 3.67. The van der Waals surface area contributed by atoms with E-state index in [2.05, 4.69) is 55.4 Å². The highest BCUT2D eigenvalue weighted by atomic mass is 15.2. The number of hydrogen-bond acceptors (Lipinski definition) is 2. The molecule has 0 radical (unpaired) electrons. The van der Waals surface area contributed by atoms with E-state index in [9.17, 15) is 0 Å². The Labute approximate surface area is 111 Å². The van der Waals surface area contributed by atoms with E-state index >= 15 is 0 Å². The van der Waals surface area contributed by atoms with Gasteiger partial charge in [0.1, 0.15) is 0 Å². The Kier molecular flexibility index (Phi) is 4.79. The summed E-state index contributed by atoms with van der Waals surface area (Å²) in [5.41, 5.74) is 3.03. The van der Waals surface area contributed by atoms with Gasteiger partial charge in [0.15, 0.2) is 0 Å². The van der Waals surface area contributed by atoms with E-state index in [1.165, 1.54) is 30.4 Å². The molecular formula is C16H26N2. The van der Waals surface area contributed by atoms with Crippen LogP contribution in [0.4, 0.5) is 0 Å². The first-order valence-electron chi connectivity index (χ1n) is 7.27. The third kappa shape index (κ3) is 2.93. The Morgan fingerprint density at radius 3 is 2.72 bits per heavy atom. The van der Waals surface area contributed by atoms with Gasteiger partial charge in [-0.15, -0.1) is 0 Å². The lowest BCUT2D eigenvalue weighted by atomic mass is 9.93. The van der Waals surface area contributed by atoms with E-state index in [1.54, 1.807) is 0 Å². The molecule has 1 aromatic carbocycles. The molecule has 18 heavy (non-hydrogen) atoms. The van der Waals surface area contributed by atoms with E-state index in [0.717, 1.165) is 13.1 Å². The Bertz CT molecular complexity index is 371. The number of hydrogen-bond donors (Lipinski definition) is 1. The van der Waals surface area contributed by atoms with Crippen LogP contribution in [0.5, 0.6) is 0 Å². The molecule has 2 heteroatoms. The predicted molar refractivity (Wildman–Crippen MR) is 77.9 cm³/mol. The van der Waals surface area contributed by atoms with E-state index in [-0.39, 0.29) is 0 Å². The van der Waals surface area contributed by atoms with Gasteiger partial charge in [-0.1, -0.05) is 38.1 Å². The van der Waals surface area contributed by atoms with Crippen LogP contribution in [-0.2, 0) is 6.42 Å². The molecule has 0 spiro atoms. The largest absolute Gasteiger partial charge is 0.309 e. The lowest BCUT2D eigenvalue weighted by Crippen LogP contribution is -2.41. The van der Waals surface area contributed by atoms with Crippen molar-refractivity contribution in [2.24, 2.45) is 0 Å². The topological polar surface area (TPSA) is 15.3 Å². The molecular weight excluding hydrogens is 220 g/mol. The van der Waals surface area contributed by atoms with Crippen LogP contribution in [-0.4, -0.2) is 31.1 Å². The molecule has 0 bridgehead atoms. The number of nitrogens with zero attached hydrogens (tertiary/aromatic N) is 1. The van der Waals surface area contributed by atoms with Gasteiger partial charge in [0, 0.05) is 18.6 Å².